The molecule has 0 heteroatoms. The van der Waals surface area contributed by atoms with E-state index in [2.05, 4.69) is 52.8 Å². The Kier molecular flexibility index (Phi) is 6.61. The van der Waals surface area contributed by atoms with E-state index in [0.29, 0.717) is 5.41 Å². The molecule has 0 N–H and O–H groups in total. The van der Waals surface area contributed by atoms with Crippen molar-refractivity contribution in [2.75, 3.05) is 0 Å². The van der Waals surface area contributed by atoms with Crippen LogP contribution in [-0.4, -0.2) is 0 Å². The summed E-state index contributed by atoms with van der Waals surface area (Å²) in [5.74, 6) is 0. The van der Waals surface area contributed by atoms with Crippen molar-refractivity contribution in [2.24, 2.45) is 5.41 Å². The topological polar surface area (TPSA) is 0 Å². The molecule has 0 aliphatic carbocycles. The number of rotatable bonds is 6. The summed E-state index contributed by atoms with van der Waals surface area (Å²) < 4.78 is 0. The predicted octanol–water partition coefficient (Wildman–Crippen LogP) is 5.12. The minimum Gasteiger partial charge on any atom is -0.0877 e. The second kappa shape index (κ2) is 6.86. The molecule has 0 amide bonds. The first-order valence-electron chi connectivity index (χ1n) is 5.90. The van der Waals surface area contributed by atoms with Gasteiger partial charge in [0.1, 0.15) is 0 Å². The monoisotopic (exact) mass is 194 g/mol. The third-order valence-electron chi connectivity index (χ3n) is 3.09. The van der Waals surface area contributed by atoms with Crippen molar-refractivity contribution in [3.63, 3.8) is 0 Å². The molecule has 0 bridgehead atoms. The van der Waals surface area contributed by atoms with Crippen LogP contribution >= 0.6 is 0 Å². The third-order valence-corrected chi connectivity index (χ3v) is 3.09. The number of allylic oxidation sites excluding steroid dienone is 4. The Morgan fingerprint density at radius 1 is 1.14 bits per heavy atom. The standard InChI is InChI=1S/C14H26/c1-6-9-10-13(4)14(5,11-7-2)12-8-3/h6,9-10H,7-8,11-12H2,1-5H3/b9-6-,13-10+. The van der Waals surface area contributed by atoms with E-state index >= 15 is 0 Å². The largest absolute Gasteiger partial charge is 0.0877 e. The predicted molar refractivity (Wildman–Crippen MR) is 66.5 cm³/mol. The highest BCUT2D eigenvalue weighted by molar-refractivity contribution is 5.17. The van der Waals surface area contributed by atoms with E-state index in [4.69, 9.17) is 0 Å². The fourth-order valence-corrected chi connectivity index (χ4v) is 2.06. The maximum Gasteiger partial charge on any atom is -0.0116 e. The summed E-state index contributed by atoms with van der Waals surface area (Å²) in [5, 5.41) is 0. The molecule has 0 atom stereocenters. The summed E-state index contributed by atoms with van der Waals surface area (Å²) in [5.41, 5.74) is 1.95. The SMILES string of the molecule is C/C=C\C=C(/C)C(C)(CCC)CCC. The minimum atomic E-state index is 0.420. The van der Waals surface area contributed by atoms with Gasteiger partial charge in [0.25, 0.3) is 0 Å². The van der Waals surface area contributed by atoms with E-state index in [1.165, 1.54) is 31.3 Å². The molecule has 82 valence electrons. The zero-order valence-corrected chi connectivity index (χ0v) is 10.6. The molecule has 14 heavy (non-hydrogen) atoms. The van der Waals surface area contributed by atoms with E-state index in [1.807, 2.05) is 0 Å². The Hall–Kier alpha value is -0.520. The van der Waals surface area contributed by atoms with Gasteiger partial charge in [-0.2, -0.15) is 0 Å². The minimum absolute atomic E-state index is 0.420. The van der Waals surface area contributed by atoms with Crippen LogP contribution in [0.2, 0.25) is 0 Å². The molecule has 0 aliphatic rings. The highest BCUT2D eigenvalue weighted by Gasteiger charge is 2.23. The lowest BCUT2D eigenvalue weighted by Gasteiger charge is -2.30. The van der Waals surface area contributed by atoms with Gasteiger partial charge in [0.15, 0.2) is 0 Å². The van der Waals surface area contributed by atoms with Crippen molar-refractivity contribution < 1.29 is 0 Å². The molecule has 0 nitrogen and oxygen atoms in total. The molecule has 0 saturated heterocycles. The maximum atomic E-state index is 2.40. The second-order valence-corrected chi connectivity index (χ2v) is 4.44. The zero-order chi connectivity index (χ0) is 11.0. The fraction of sp³-hybridized carbons (Fsp3) is 0.714. The van der Waals surface area contributed by atoms with Crippen molar-refractivity contribution in [1.29, 1.82) is 0 Å². The van der Waals surface area contributed by atoms with Crippen LogP contribution in [0.1, 0.15) is 60.3 Å². The van der Waals surface area contributed by atoms with Crippen LogP contribution in [0.5, 0.6) is 0 Å². The molecule has 0 radical (unpaired) electrons. The summed E-state index contributed by atoms with van der Waals surface area (Å²) in [6.45, 7) is 11.3. The van der Waals surface area contributed by atoms with Gasteiger partial charge >= 0.3 is 0 Å². The Bertz CT molecular complexity index is 190. The van der Waals surface area contributed by atoms with Gasteiger partial charge < -0.3 is 0 Å². The van der Waals surface area contributed by atoms with Crippen LogP contribution in [0.4, 0.5) is 0 Å². The highest BCUT2D eigenvalue weighted by Crippen LogP contribution is 2.36. The molecule has 0 aliphatic heterocycles. The van der Waals surface area contributed by atoms with E-state index in [9.17, 15) is 0 Å². The molecular formula is C14H26. The molecule has 0 heterocycles. The first-order chi connectivity index (χ1) is 6.60. The third kappa shape index (κ3) is 4.13. The second-order valence-electron chi connectivity index (χ2n) is 4.44. The van der Waals surface area contributed by atoms with E-state index in [-0.39, 0.29) is 0 Å². The first kappa shape index (κ1) is 13.5. The molecule has 0 spiro atoms. The smallest absolute Gasteiger partial charge is 0.0116 e. The van der Waals surface area contributed by atoms with Crippen LogP contribution in [0, 0.1) is 5.41 Å². The molecule has 0 aromatic rings. The molecule has 0 aromatic heterocycles. The van der Waals surface area contributed by atoms with Crippen LogP contribution < -0.4 is 0 Å². The van der Waals surface area contributed by atoms with Gasteiger partial charge in [0.2, 0.25) is 0 Å². The molecule has 0 aromatic carbocycles. The van der Waals surface area contributed by atoms with Crippen LogP contribution in [0.3, 0.4) is 0 Å². The average Bonchev–Trinajstić information content (AvgIpc) is 2.15. The van der Waals surface area contributed by atoms with Crippen LogP contribution in [0.15, 0.2) is 23.8 Å². The fourth-order valence-electron chi connectivity index (χ4n) is 2.06. The Morgan fingerprint density at radius 2 is 1.64 bits per heavy atom. The summed E-state index contributed by atoms with van der Waals surface area (Å²) in [6.07, 6.45) is 11.7. The van der Waals surface area contributed by atoms with Gasteiger partial charge in [-0.3, -0.25) is 0 Å². The maximum absolute atomic E-state index is 2.40. The van der Waals surface area contributed by atoms with Crippen molar-refractivity contribution in [2.45, 2.75) is 60.3 Å². The normalized spacial score (nSPS) is 13.9. The number of hydrogen-bond donors (Lipinski definition) is 0. The van der Waals surface area contributed by atoms with Gasteiger partial charge in [0, 0.05) is 0 Å². The summed E-state index contributed by atoms with van der Waals surface area (Å²) >= 11 is 0. The Morgan fingerprint density at radius 3 is 2.00 bits per heavy atom. The van der Waals surface area contributed by atoms with E-state index in [0.717, 1.165) is 0 Å². The van der Waals surface area contributed by atoms with Gasteiger partial charge in [-0.15, -0.1) is 0 Å². The summed E-state index contributed by atoms with van der Waals surface area (Å²) in [6, 6.07) is 0. The van der Waals surface area contributed by atoms with Crippen LogP contribution in [-0.2, 0) is 0 Å². The molecular weight excluding hydrogens is 168 g/mol. The van der Waals surface area contributed by atoms with E-state index in [1.54, 1.807) is 0 Å². The van der Waals surface area contributed by atoms with Gasteiger partial charge in [-0.25, -0.2) is 0 Å². The lowest BCUT2D eigenvalue weighted by atomic mass is 9.75. The average molecular weight is 194 g/mol. The van der Waals surface area contributed by atoms with Crippen molar-refractivity contribution >= 4 is 0 Å². The van der Waals surface area contributed by atoms with Crippen molar-refractivity contribution in [3.8, 4) is 0 Å². The van der Waals surface area contributed by atoms with Gasteiger partial charge in [-0.05, 0) is 32.1 Å². The van der Waals surface area contributed by atoms with Crippen molar-refractivity contribution in [1.82, 2.24) is 0 Å². The Balaban J connectivity index is 4.61. The quantitative estimate of drug-likeness (QED) is 0.515. The number of hydrogen-bond acceptors (Lipinski definition) is 0. The lowest BCUT2D eigenvalue weighted by Crippen LogP contribution is -2.17. The molecule has 0 unspecified atom stereocenters. The van der Waals surface area contributed by atoms with Gasteiger partial charge in [-0.1, -0.05) is 57.4 Å². The van der Waals surface area contributed by atoms with E-state index < -0.39 is 0 Å². The molecule has 0 rings (SSSR count). The summed E-state index contributed by atoms with van der Waals surface area (Å²) in [7, 11) is 0. The lowest BCUT2D eigenvalue weighted by molar-refractivity contribution is 0.328. The Labute approximate surface area is 90.1 Å². The van der Waals surface area contributed by atoms with Gasteiger partial charge in [0.05, 0.1) is 0 Å². The first-order valence-corrected chi connectivity index (χ1v) is 5.90. The zero-order valence-electron chi connectivity index (χ0n) is 10.6. The van der Waals surface area contributed by atoms with Crippen molar-refractivity contribution in [3.05, 3.63) is 23.8 Å². The molecule has 0 fully saturated rings. The highest BCUT2D eigenvalue weighted by atomic mass is 14.3. The molecule has 0 saturated carbocycles. The summed E-state index contributed by atoms with van der Waals surface area (Å²) in [4.78, 5) is 0. The van der Waals surface area contributed by atoms with Crippen LogP contribution in [0.25, 0.3) is 0 Å².